The number of nitrogens with zero attached hydrogens (tertiary/aromatic N) is 2. The number of carbonyl (C=O) groups is 1. The van der Waals surface area contributed by atoms with Gasteiger partial charge < -0.3 is 19.3 Å². The van der Waals surface area contributed by atoms with Crippen LogP contribution in [0.5, 0.6) is 11.5 Å². The number of hydrogen-bond acceptors (Lipinski definition) is 6. The quantitative estimate of drug-likeness (QED) is 0.703. The minimum absolute atomic E-state index is 0.0183. The van der Waals surface area contributed by atoms with Crippen LogP contribution in [0.1, 0.15) is 13.3 Å². The van der Waals surface area contributed by atoms with Crippen LogP contribution in [0, 0.1) is 0 Å². The van der Waals surface area contributed by atoms with E-state index >= 15 is 0 Å². The van der Waals surface area contributed by atoms with Gasteiger partial charge in [0.15, 0.2) is 0 Å². The molecular formula is C17H27N3O5S. The molecule has 26 heavy (non-hydrogen) atoms. The van der Waals surface area contributed by atoms with Crippen molar-refractivity contribution < 1.29 is 22.7 Å². The maximum atomic E-state index is 12.5. The summed E-state index contributed by atoms with van der Waals surface area (Å²) in [5, 5.41) is 0. The summed E-state index contributed by atoms with van der Waals surface area (Å²) in [7, 11) is -0.887. The summed E-state index contributed by atoms with van der Waals surface area (Å²) >= 11 is 0. The number of hydrogen-bond donors (Lipinski definition) is 1. The fourth-order valence-electron chi connectivity index (χ4n) is 2.84. The fraction of sp³-hybridized carbons (Fsp3) is 0.588. The van der Waals surface area contributed by atoms with Gasteiger partial charge in [-0.3, -0.25) is 4.79 Å². The molecule has 0 radical (unpaired) electrons. The normalized spacial score (nSPS) is 15.7. The Morgan fingerprint density at radius 3 is 2.42 bits per heavy atom. The Morgan fingerprint density at radius 1 is 1.15 bits per heavy atom. The monoisotopic (exact) mass is 385 g/mol. The van der Waals surface area contributed by atoms with Gasteiger partial charge in [0.05, 0.1) is 14.2 Å². The van der Waals surface area contributed by atoms with E-state index in [1.165, 1.54) is 26.4 Å². The second-order valence-corrected chi connectivity index (χ2v) is 7.71. The number of amides is 1. The third kappa shape index (κ3) is 5.09. The van der Waals surface area contributed by atoms with E-state index in [4.69, 9.17) is 9.47 Å². The van der Waals surface area contributed by atoms with Gasteiger partial charge in [0.1, 0.15) is 16.4 Å². The standard InChI is InChI=1S/C17H27N3O5S/c1-4-19-9-11-20(12-10-19)17(21)7-8-18-26(22,23)16-6-5-14(24-2)13-15(16)25-3/h5-6,13,18H,4,7-12H2,1-3H3. The van der Waals surface area contributed by atoms with Crippen LogP contribution < -0.4 is 14.2 Å². The smallest absolute Gasteiger partial charge is 0.244 e. The van der Waals surface area contributed by atoms with Crippen molar-refractivity contribution in [3.8, 4) is 11.5 Å². The molecule has 0 aromatic heterocycles. The molecule has 1 N–H and O–H groups in total. The molecule has 9 heteroatoms. The van der Waals surface area contributed by atoms with Gasteiger partial charge in [0.2, 0.25) is 15.9 Å². The highest BCUT2D eigenvalue weighted by Crippen LogP contribution is 2.28. The number of benzene rings is 1. The summed E-state index contributed by atoms with van der Waals surface area (Å²) in [6, 6.07) is 4.48. The first kappa shape index (κ1) is 20.5. The third-order valence-electron chi connectivity index (χ3n) is 4.46. The number of carbonyl (C=O) groups excluding carboxylic acids is 1. The van der Waals surface area contributed by atoms with E-state index in [0.717, 1.165) is 19.6 Å². The number of nitrogens with one attached hydrogen (secondary N) is 1. The number of rotatable bonds is 8. The average Bonchev–Trinajstić information content (AvgIpc) is 2.67. The van der Waals surface area contributed by atoms with Crippen LogP contribution in [-0.4, -0.2) is 77.6 Å². The molecule has 0 bridgehead atoms. The molecule has 8 nitrogen and oxygen atoms in total. The Kier molecular flexibility index (Phi) is 7.24. The molecule has 0 spiro atoms. The Morgan fingerprint density at radius 2 is 1.85 bits per heavy atom. The Labute approximate surface area is 155 Å². The second kappa shape index (κ2) is 9.20. The van der Waals surface area contributed by atoms with Crippen molar-refractivity contribution in [1.82, 2.24) is 14.5 Å². The molecule has 146 valence electrons. The van der Waals surface area contributed by atoms with Crippen LogP contribution in [0.2, 0.25) is 0 Å². The van der Waals surface area contributed by atoms with Crippen molar-refractivity contribution in [3.05, 3.63) is 18.2 Å². The lowest BCUT2D eigenvalue weighted by atomic mass is 10.3. The van der Waals surface area contributed by atoms with E-state index in [1.54, 1.807) is 11.0 Å². The molecule has 0 atom stereocenters. The Balaban J connectivity index is 1.91. The van der Waals surface area contributed by atoms with Gasteiger partial charge in [-0.2, -0.15) is 0 Å². The summed E-state index contributed by atoms with van der Waals surface area (Å²) in [6.07, 6.45) is 0.129. The first-order chi connectivity index (χ1) is 12.4. The molecule has 1 amide bonds. The van der Waals surface area contributed by atoms with Crippen molar-refractivity contribution in [1.29, 1.82) is 0 Å². The summed E-state index contributed by atoms with van der Waals surface area (Å²) in [4.78, 5) is 16.3. The molecule has 2 rings (SSSR count). The molecule has 0 unspecified atom stereocenters. The zero-order valence-corrected chi connectivity index (χ0v) is 16.3. The Bertz CT molecular complexity index is 715. The maximum Gasteiger partial charge on any atom is 0.244 e. The van der Waals surface area contributed by atoms with Crippen molar-refractivity contribution >= 4 is 15.9 Å². The second-order valence-electron chi connectivity index (χ2n) is 5.98. The lowest BCUT2D eigenvalue weighted by molar-refractivity contribution is -0.132. The van der Waals surface area contributed by atoms with Crippen molar-refractivity contribution in [2.45, 2.75) is 18.2 Å². The highest BCUT2D eigenvalue weighted by atomic mass is 32.2. The first-order valence-corrected chi connectivity index (χ1v) is 10.1. The zero-order chi connectivity index (χ0) is 19.2. The van der Waals surface area contributed by atoms with Gasteiger partial charge >= 0.3 is 0 Å². The molecule has 1 aromatic carbocycles. The molecule has 1 aliphatic heterocycles. The molecule has 0 aliphatic carbocycles. The molecule has 0 saturated carbocycles. The van der Waals surface area contributed by atoms with Crippen LogP contribution in [-0.2, 0) is 14.8 Å². The maximum absolute atomic E-state index is 12.5. The zero-order valence-electron chi connectivity index (χ0n) is 15.5. The van der Waals surface area contributed by atoms with Crippen LogP contribution >= 0.6 is 0 Å². The number of sulfonamides is 1. The number of piperazine rings is 1. The molecule has 1 aliphatic rings. The number of methoxy groups -OCH3 is 2. The van der Waals surface area contributed by atoms with Crippen molar-refractivity contribution in [2.75, 3.05) is 53.5 Å². The lowest BCUT2D eigenvalue weighted by Crippen LogP contribution is -2.49. The predicted molar refractivity (Wildman–Crippen MR) is 98.0 cm³/mol. The number of likely N-dealkylation sites (N-methyl/N-ethyl adjacent to an activating group) is 1. The number of ether oxygens (including phenoxy) is 2. The lowest BCUT2D eigenvalue weighted by Gasteiger charge is -2.34. The molecule has 1 aromatic rings. The van der Waals surface area contributed by atoms with Crippen LogP contribution in [0.25, 0.3) is 0 Å². The molecule has 1 fully saturated rings. The summed E-state index contributed by atoms with van der Waals surface area (Å²) in [6.45, 7) is 6.21. The first-order valence-electron chi connectivity index (χ1n) is 8.63. The van der Waals surface area contributed by atoms with E-state index in [9.17, 15) is 13.2 Å². The van der Waals surface area contributed by atoms with Crippen molar-refractivity contribution in [3.63, 3.8) is 0 Å². The predicted octanol–water partition coefficient (Wildman–Crippen LogP) is 0.536. The Hall–Kier alpha value is -1.84. The fourth-order valence-corrected chi connectivity index (χ4v) is 4.02. The van der Waals surface area contributed by atoms with Crippen molar-refractivity contribution in [2.24, 2.45) is 0 Å². The van der Waals surface area contributed by atoms with E-state index in [2.05, 4.69) is 16.5 Å². The molecule has 1 saturated heterocycles. The van der Waals surface area contributed by atoms with Gasteiger partial charge in [0, 0.05) is 45.2 Å². The van der Waals surface area contributed by atoms with Gasteiger partial charge in [-0.15, -0.1) is 0 Å². The van der Waals surface area contributed by atoms with E-state index in [-0.39, 0.29) is 29.5 Å². The largest absolute Gasteiger partial charge is 0.497 e. The van der Waals surface area contributed by atoms with E-state index < -0.39 is 10.0 Å². The van der Waals surface area contributed by atoms with Crippen LogP contribution in [0.3, 0.4) is 0 Å². The van der Waals surface area contributed by atoms with Gasteiger partial charge in [-0.25, -0.2) is 13.1 Å². The van der Waals surface area contributed by atoms with E-state index in [1.807, 2.05) is 0 Å². The highest BCUT2D eigenvalue weighted by Gasteiger charge is 2.22. The van der Waals surface area contributed by atoms with Crippen LogP contribution in [0.4, 0.5) is 0 Å². The highest BCUT2D eigenvalue weighted by molar-refractivity contribution is 7.89. The summed E-state index contributed by atoms with van der Waals surface area (Å²) in [5.41, 5.74) is 0. The van der Waals surface area contributed by atoms with Gasteiger partial charge in [0.25, 0.3) is 0 Å². The minimum atomic E-state index is -3.78. The molecular weight excluding hydrogens is 358 g/mol. The topological polar surface area (TPSA) is 88.2 Å². The average molecular weight is 385 g/mol. The third-order valence-corrected chi connectivity index (χ3v) is 5.96. The van der Waals surface area contributed by atoms with E-state index in [0.29, 0.717) is 18.8 Å². The SMILES string of the molecule is CCN1CCN(C(=O)CCNS(=O)(=O)c2ccc(OC)cc2OC)CC1. The summed E-state index contributed by atoms with van der Waals surface area (Å²) in [5.74, 6) is 0.659. The van der Waals surface area contributed by atoms with Gasteiger partial charge in [-0.1, -0.05) is 6.92 Å². The molecule has 1 heterocycles. The van der Waals surface area contributed by atoms with Gasteiger partial charge in [-0.05, 0) is 18.7 Å². The minimum Gasteiger partial charge on any atom is -0.497 e. The summed E-state index contributed by atoms with van der Waals surface area (Å²) < 4.78 is 37.7. The van der Waals surface area contributed by atoms with Crippen LogP contribution in [0.15, 0.2) is 23.1 Å².